The quantitative estimate of drug-likeness (QED) is 0.676. The van der Waals surface area contributed by atoms with E-state index >= 15 is 0 Å². The summed E-state index contributed by atoms with van der Waals surface area (Å²) in [5.41, 5.74) is 4.57. The van der Waals surface area contributed by atoms with Crippen molar-refractivity contribution in [1.82, 2.24) is 0 Å². The molecule has 0 atom stereocenters. The highest BCUT2D eigenvalue weighted by Crippen LogP contribution is 2.40. The lowest BCUT2D eigenvalue weighted by Gasteiger charge is -2.36. The van der Waals surface area contributed by atoms with Crippen LogP contribution in [0.3, 0.4) is 0 Å². The third-order valence-electron chi connectivity index (χ3n) is 5.60. The molecule has 1 aliphatic carbocycles. The Balaban J connectivity index is 2.41. The molecule has 2 aromatic carbocycles. The van der Waals surface area contributed by atoms with Gasteiger partial charge in [-0.05, 0) is 27.4 Å². The van der Waals surface area contributed by atoms with Crippen molar-refractivity contribution in [2.45, 2.75) is 59.0 Å². The molecule has 0 radical (unpaired) electrons. The van der Waals surface area contributed by atoms with Crippen LogP contribution in [-0.4, -0.2) is 21.9 Å². The molecule has 0 unspecified atom stereocenters. The summed E-state index contributed by atoms with van der Waals surface area (Å²) in [6.45, 7) is 18.7. The summed E-state index contributed by atoms with van der Waals surface area (Å²) in [5, 5.41) is 2.64. The highest BCUT2D eigenvalue weighted by molar-refractivity contribution is 6.90. The molecule has 0 spiro atoms. The Morgan fingerprint density at radius 2 is 1.12 bits per heavy atom. The summed E-state index contributed by atoms with van der Waals surface area (Å²) in [5.74, 6) is 1.06. The highest BCUT2D eigenvalue weighted by atomic mass is 28.3. The Morgan fingerprint density at radius 1 is 0.731 bits per heavy atom. The molecule has 26 heavy (non-hydrogen) atoms. The van der Waals surface area contributed by atoms with E-state index in [1.165, 1.54) is 21.5 Å². The maximum Gasteiger partial charge on any atom is 0.193 e. The van der Waals surface area contributed by atoms with E-state index in [0.717, 1.165) is 11.1 Å². The maximum atomic E-state index is 13.9. The average molecular weight is 381 g/mol. The van der Waals surface area contributed by atoms with Gasteiger partial charge in [-0.2, -0.15) is 0 Å². The van der Waals surface area contributed by atoms with E-state index in [2.05, 4.69) is 89.5 Å². The Hall–Kier alpha value is -1.46. The van der Waals surface area contributed by atoms with Crippen LogP contribution in [-0.2, 0) is 0 Å². The van der Waals surface area contributed by atoms with Crippen LogP contribution in [0.2, 0.25) is 39.3 Å². The van der Waals surface area contributed by atoms with Gasteiger partial charge in [0.05, 0.1) is 16.1 Å². The molecule has 1 nitrogen and oxygen atoms in total. The molecule has 138 valence electrons. The largest absolute Gasteiger partial charge is 0.289 e. The van der Waals surface area contributed by atoms with Gasteiger partial charge in [-0.15, -0.1) is 0 Å². The normalized spacial score (nSPS) is 15.2. The molecular formula is C23H32OSi2. The molecule has 0 saturated heterocycles. The Morgan fingerprint density at radius 3 is 1.42 bits per heavy atom. The number of benzene rings is 2. The van der Waals surface area contributed by atoms with Crippen LogP contribution >= 0.6 is 0 Å². The molecule has 0 N–H and O–H groups in total. The Bertz CT molecular complexity index is 799. The zero-order valence-corrected chi connectivity index (χ0v) is 19.5. The van der Waals surface area contributed by atoms with Crippen LogP contribution in [0.1, 0.15) is 46.8 Å². The lowest BCUT2D eigenvalue weighted by Crippen LogP contribution is -2.47. The molecule has 0 fully saturated rings. The first-order valence-corrected chi connectivity index (χ1v) is 16.8. The zero-order valence-electron chi connectivity index (χ0n) is 17.5. The lowest BCUT2D eigenvalue weighted by atomic mass is 9.72. The zero-order chi connectivity index (χ0) is 19.4. The van der Waals surface area contributed by atoms with E-state index in [9.17, 15) is 4.79 Å². The average Bonchev–Trinajstić information content (AvgIpc) is 2.52. The third kappa shape index (κ3) is 3.05. The molecule has 2 aromatic rings. The van der Waals surface area contributed by atoms with Crippen molar-refractivity contribution in [3.05, 3.63) is 58.7 Å². The van der Waals surface area contributed by atoms with E-state index in [-0.39, 0.29) is 5.78 Å². The fourth-order valence-corrected chi connectivity index (χ4v) is 7.63. The van der Waals surface area contributed by atoms with Crippen molar-refractivity contribution in [2.24, 2.45) is 5.92 Å². The molecule has 0 aliphatic heterocycles. The molecule has 3 heteroatoms. The van der Waals surface area contributed by atoms with Gasteiger partial charge in [-0.25, -0.2) is 0 Å². The van der Waals surface area contributed by atoms with Gasteiger partial charge in [0.1, 0.15) is 0 Å². The predicted molar refractivity (Wildman–Crippen MR) is 119 cm³/mol. The summed E-state index contributed by atoms with van der Waals surface area (Å²) >= 11 is 0. The smallest absolute Gasteiger partial charge is 0.193 e. The number of fused-ring (bicyclic) bond motifs is 2. The third-order valence-corrected chi connectivity index (χ3v) is 9.67. The second kappa shape index (κ2) is 6.31. The molecule has 0 amide bonds. The van der Waals surface area contributed by atoms with Crippen molar-refractivity contribution in [1.29, 1.82) is 0 Å². The minimum atomic E-state index is -1.61. The second-order valence-corrected chi connectivity index (χ2v) is 20.2. The van der Waals surface area contributed by atoms with Gasteiger partial charge in [0.2, 0.25) is 0 Å². The Labute approximate surface area is 160 Å². The predicted octanol–water partition coefficient (Wildman–Crippen LogP) is 5.11. The van der Waals surface area contributed by atoms with Gasteiger partial charge in [0, 0.05) is 17.0 Å². The van der Waals surface area contributed by atoms with Crippen molar-refractivity contribution >= 4 is 32.3 Å². The van der Waals surface area contributed by atoms with Gasteiger partial charge < -0.3 is 0 Å². The van der Waals surface area contributed by atoms with E-state index in [1.807, 2.05) is 0 Å². The molecule has 1 aliphatic rings. The standard InChI is InChI=1S/C23H32OSi2/c1-15(2)20-16-11-9-13-18(25(3,4)5)21(16)23(24)22-17(20)12-10-14-19(22)26(6,7)8/h9-15,20H,1-8H3. The van der Waals surface area contributed by atoms with Gasteiger partial charge in [0.15, 0.2) is 5.78 Å². The summed E-state index contributed by atoms with van der Waals surface area (Å²) < 4.78 is 0. The number of carbonyl (C=O) groups is 1. The second-order valence-electron chi connectivity index (χ2n) is 10.1. The van der Waals surface area contributed by atoms with Gasteiger partial charge in [0.25, 0.3) is 0 Å². The summed E-state index contributed by atoms with van der Waals surface area (Å²) in [6.07, 6.45) is 0. The topological polar surface area (TPSA) is 17.1 Å². The number of hydrogen-bond donors (Lipinski definition) is 0. The van der Waals surface area contributed by atoms with Crippen LogP contribution in [0.15, 0.2) is 36.4 Å². The monoisotopic (exact) mass is 380 g/mol. The van der Waals surface area contributed by atoms with Crippen LogP contribution in [0.25, 0.3) is 0 Å². The lowest BCUT2D eigenvalue weighted by molar-refractivity contribution is 0.103. The van der Waals surface area contributed by atoms with E-state index in [1.54, 1.807) is 0 Å². The molecule has 3 rings (SSSR count). The van der Waals surface area contributed by atoms with E-state index in [0.29, 0.717) is 11.8 Å². The molecular weight excluding hydrogens is 348 g/mol. The fraction of sp³-hybridized carbons (Fsp3) is 0.435. The number of hydrogen-bond acceptors (Lipinski definition) is 1. The first kappa shape index (κ1) is 19.3. The van der Waals surface area contributed by atoms with E-state index in [4.69, 9.17) is 0 Å². The SMILES string of the molecule is CC(C)C1c2cccc([Si](C)(C)C)c2C(=O)c2c1cccc2[Si](C)(C)C. The summed E-state index contributed by atoms with van der Waals surface area (Å²) in [4.78, 5) is 13.9. The van der Waals surface area contributed by atoms with E-state index < -0.39 is 16.1 Å². The molecule has 0 bridgehead atoms. The van der Waals surface area contributed by atoms with Crippen molar-refractivity contribution in [3.63, 3.8) is 0 Å². The van der Waals surface area contributed by atoms with Gasteiger partial charge >= 0.3 is 0 Å². The van der Waals surface area contributed by atoms with Crippen LogP contribution in [0.4, 0.5) is 0 Å². The maximum absolute atomic E-state index is 13.9. The van der Waals surface area contributed by atoms with Gasteiger partial charge in [-0.1, -0.05) is 89.5 Å². The highest BCUT2D eigenvalue weighted by Gasteiger charge is 2.39. The number of ketones is 1. The number of rotatable bonds is 3. The van der Waals surface area contributed by atoms with Crippen molar-refractivity contribution in [3.8, 4) is 0 Å². The Kier molecular flexibility index (Phi) is 4.69. The van der Waals surface area contributed by atoms with Crippen LogP contribution in [0, 0.1) is 5.92 Å². The molecule has 0 heterocycles. The van der Waals surface area contributed by atoms with Crippen molar-refractivity contribution < 1.29 is 4.79 Å². The molecule has 0 saturated carbocycles. The van der Waals surface area contributed by atoms with Gasteiger partial charge in [-0.3, -0.25) is 4.79 Å². The summed E-state index contributed by atoms with van der Waals surface area (Å²) in [7, 11) is -3.23. The van der Waals surface area contributed by atoms with Crippen molar-refractivity contribution in [2.75, 3.05) is 0 Å². The van der Waals surface area contributed by atoms with Crippen LogP contribution < -0.4 is 10.4 Å². The first-order chi connectivity index (χ1) is 11.9. The number of carbonyl (C=O) groups excluding carboxylic acids is 1. The van der Waals surface area contributed by atoms with Crippen LogP contribution in [0.5, 0.6) is 0 Å². The molecule has 0 aromatic heterocycles. The minimum absolute atomic E-state index is 0.281. The summed E-state index contributed by atoms with van der Waals surface area (Å²) in [6, 6.07) is 13.2. The minimum Gasteiger partial charge on any atom is -0.289 e. The fourth-order valence-electron chi connectivity index (χ4n) is 4.43. The first-order valence-electron chi connectivity index (χ1n) is 9.76.